The number of aliphatic carboxylic acids is 1. The molecule has 24 heavy (non-hydrogen) atoms. The van der Waals surface area contributed by atoms with Crippen molar-refractivity contribution in [3.05, 3.63) is 0 Å². The molecule has 1 atom stereocenters. The smallest absolute Gasteiger partial charge is 1.00 e. The largest absolute Gasteiger partial charge is 1.00 e. The molecule has 0 radical (unpaired) electrons. The summed E-state index contributed by atoms with van der Waals surface area (Å²) in [7, 11) is 0. The van der Waals surface area contributed by atoms with Crippen molar-refractivity contribution in [2.75, 3.05) is 0 Å². The fourth-order valence-electron chi connectivity index (χ4n) is 2.21. The van der Waals surface area contributed by atoms with Crippen molar-refractivity contribution in [3.63, 3.8) is 0 Å². The number of rotatable bonds is 14. The molecule has 3 N–H and O–H groups in total. The minimum absolute atomic E-state index is 0. The monoisotopic (exact) mass is 353 g/mol. The topological polar surface area (TPSA) is 107 Å². The van der Waals surface area contributed by atoms with Crippen LogP contribution < -0.4 is 35.3 Å². The third kappa shape index (κ3) is 16.4. The molecule has 0 aliphatic rings. The number of carbonyl (C=O) groups excluding carboxylic acids is 2. The molecule has 0 rings (SSSR count). The molecule has 0 unspecified atom stereocenters. The predicted octanol–water partition coefficient (Wildman–Crippen LogP) is 0.286. The van der Waals surface area contributed by atoms with E-state index in [1.165, 1.54) is 38.5 Å². The first kappa shape index (κ1) is 25.8. The average molecular weight is 353 g/mol. The Morgan fingerprint density at radius 1 is 0.917 bits per heavy atom. The molecule has 0 amide bonds. The molecule has 0 heterocycles. The Kier molecular flexibility index (Phi) is 18.7. The van der Waals surface area contributed by atoms with E-state index < -0.39 is 23.9 Å². The Labute approximate surface area is 168 Å². The van der Waals surface area contributed by atoms with Crippen molar-refractivity contribution in [1.82, 2.24) is 0 Å². The molecule has 7 heteroatoms. The van der Waals surface area contributed by atoms with E-state index in [0.29, 0.717) is 0 Å². The van der Waals surface area contributed by atoms with Crippen molar-refractivity contribution in [2.24, 2.45) is 5.73 Å². The van der Waals surface area contributed by atoms with Crippen molar-refractivity contribution < 1.29 is 55.2 Å². The Balaban J connectivity index is -0.00000242. The van der Waals surface area contributed by atoms with Gasteiger partial charge in [-0.1, -0.05) is 58.3 Å². The number of esters is 2. The Morgan fingerprint density at radius 2 is 1.38 bits per heavy atom. The maximum absolute atomic E-state index is 11.4. The number of carboxylic acid groups (broad SMARTS) is 1. The van der Waals surface area contributed by atoms with Crippen molar-refractivity contribution in [2.45, 2.75) is 90.0 Å². The number of hydrogen-bond acceptors (Lipinski definition) is 5. The van der Waals surface area contributed by atoms with Crippen LogP contribution in [0.5, 0.6) is 0 Å². The number of nitrogens with two attached hydrogens (primary N) is 1. The summed E-state index contributed by atoms with van der Waals surface area (Å²) in [5.74, 6) is -2.41. The van der Waals surface area contributed by atoms with Gasteiger partial charge in [-0.3, -0.25) is 14.4 Å². The summed E-state index contributed by atoms with van der Waals surface area (Å²) in [4.78, 5) is 33.3. The molecule has 0 aromatic rings. The summed E-state index contributed by atoms with van der Waals surface area (Å²) in [5, 5.41) is 8.58. The van der Waals surface area contributed by atoms with Crippen LogP contribution in [-0.2, 0) is 19.1 Å². The molecule has 6 nitrogen and oxygen atoms in total. The summed E-state index contributed by atoms with van der Waals surface area (Å²) >= 11 is 0. The molecule has 0 aromatic carbocycles. The molecule has 0 fully saturated rings. The van der Waals surface area contributed by atoms with Crippen LogP contribution in [0.3, 0.4) is 0 Å². The number of hydrogen-bond donors (Lipinski definition) is 2. The predicted molar refractivity (Wildman–Crippen MR) is 88.9 cm³/mol. The van der Waals surface area contributed by atoms with E-state index in [2.05, 4.69) is 11.7 Å². The van der Waals surface area contributed by atoms with Gasteiger partial charge in [0.2, 0.25) is 0 Å². The maximum Gasteiger partial charge on any atom is 1.00 e. The number of unbranched alkanes of at least 4 members (excludes halogenated alkanes) is 8. The third-order valence-electron chi connectivity index (χ3n) is 3.69. The van der Waals surface area contributed by atoms with Gasteiger partial charge < -0.3 is 17.0 Å². The average Bonchev–Trinajstić information content (AvgIpc) is 2.50. The maximum atomic E-state index is 11.4. The molecule has 0 bridgehead atoms. The number of carbonyl (C=O) groups is 3. The first-order valence-electron chi connectivity index (χ1n) is 8.69. The van der Waals surface area contributed by atoms with E-state index in [1.807, 2.05) is 0 Å². The van der Waals surface area contributed by atoms with Gasteiger partial charge in [-0.25, -0.2) is 0 Å². The van der Waals surface area contributed by atoms with E-state index >= 15 is 0 Å². The van der Waals surface area contributed by atoms with Crippen LogP contribution in [0.15, 0.2) is 0 Å². The first-order chi connectivity index (χ1) is 11.0. The SMILES string of the molecule is CCCCCCCCCCCC(=O)OC(=O)CC[C@H](N)C(=O)O.[H-].[Na+]. The van der Waals surface area contributed by atoms with E-state index in [9.17, 15) is 14.4 Å². The summed E-state index contributed by atoms with van der Waals surface area (Å²) in [6, 6.07) is -1.10. The van der Waals surface area contributed by atoms with Gasteiger partial charge in [-0.05, 0) is 12.8 Å². The number of carboxylic acids is 1. The van der Waals surface area contributed by atoms with Gasteiger partial charge in [0.25, 0.3) is 0 Å². The molecule has 0 aromatic heterocycles. The van der Waals surface area contributed by atoms with E-state index in [4.69, 9.17) is 10.8 Å². The zero-order valence-electron chi connectivity index (χ0n) is 16.2. The van der Waals surface area contributed by atoms with Crippen molar-refractivity contribution in [3.8, 4) is 0 Å². The minimum Gasteiger partial charge on any atom is -1.00 e. The van der Waals surface area contributed by atoms with Crippen molar-refractivity contribution >= 4 is 17.9 Å². The van der Waals surface area contributed by atoms with Gasteiger partial charge in [0.15, 0.2) is 0 Å². The molecule has 0 saturated heterocycles. The Bertz CT molecular complexity index is 369. The van der Waals surface area contributed by atoms with Gasteiger partial charge in [0.1, 0.15) is 6.04 Å². The third-order valence-corrected chi connectivity index (χ3v) is 3.69. The summed E-state index contributed by atoms with van der Waals surface area (Å²) in [6.07, 6.45) is 10.4. The second-order valence-corrected chi connectivity index (χ2v) is 5.91. The quantitative estimate of drug-likeness (QED) is 0.201. The van der Waals surface area contributed by atoms with Crippen LogP contribution in [0.4, 0.5) is 0 Å². The Hall–Kier alpha value is -0.430. The van der Waals surface area contributed by atoms with Crippen LogP contribution in [-0.4, -0.2) is 29.1 Å². The molecule has 136 valence electrons. The fourth-order valence-corrected chi connectivity index (χ4v) is 2.21. The van der Waals surface area contributed by atoms with Crippen LogP contribution in [0.2, 0.25) is 0 Å². The van der Waals surface area contributed by atoms with Gasteiger partial charge >= 0.3 is 47.5 Å². The zero-order chi connectivity index (χ0) is 17.5. The van der Waals surface area contributed by atoms with Gasteiger partial charge in [-0.15, -0.1) is 0 Å². The second kappa shape index (κ2) is 17.4. The molecular weight excluding hydrogens is 321 g/mol. The van der Waals surface area contributed by atoms with E-state index in [-0.39, 0.29) is 50.2 Å². The first-order valence-corrected chi connectivity index (χ1v) is 8.69. The Morgan fingerprint density at radius 3 is 1.88 bits per heavy atom. The molecule has 0 aliphatic carbocycles. The van der Waals surface area contributed by atoms with Gasteiger partial charge in [0, 0.05) is 12.8 Å². The molecule has 0 aliphatic heterocycles. The summed E-state index contributed by atoms with van der Waals surface area (Å²) < 4.78 is 4.63. The van der Waals surface area contributed by atoms with Crippen LogP contribution in [0, 0.1) is 0 Å². The van der Waals surface area contributed by atoms with Gasteiger partial charge in [-0.2, -0.15) is 0 Å². The fraction of sp³-hybridized carbons (Fsp3) is 0.824. The van der Waals surface area contributed by atoms with E-state index in [1.54, 1.807) is 0 Å². The molecular formula is C17H32NNaO5. The standard InChI is InChI=1S/C17H31NO5.Na.H/c1-2-3-4-5-6-7-8-9-10-11-15(19)23-16(20)13-12-14(18)17(21)22;;/h14H,2-13,18H2,1H3,(H,21,22);;/q;+1;-1/t14-;;/m0../s1. The minimum atomic E-state index is -1.17. The van der Waals surface area contributed by atoms with Crippen LogP contribution in [0.25, 0.3) is 0 Å². The van der Waals surface area contributed by atoms with Gasteiger partial charge in [0.05, 0.1) is 0 Å². The summed E-state index contributed by atoms with van der Waals surface area (Å²) in [5.41, 5.74) is 5.27. The normalized spacial score (nSPS) is 11.4. The zero-order valence-corrected chi connectivity index (χ0v) is 17.2. The van der Waals surface area contributed by atoms with Crippen LogP contribution in [0.1, 0.15) is 85.4 Å². The van der Waals surface area contributed by atoms with Crippen LogP contribution >= 0.6 is 0 Å². The van der Waals surface area contributed by atoms with Crippen molar-refractivity contribution in [1.29, 1.82) is 0 Å². The number of ether oxygens (including phenoxy) is 1. The second-order valence-electron chi connectivity index (χ2n) is 5.91. The van der Waals surface area contributed by atoms with E-state index in [0.717, 1.165) is 19.3 Å². The summed E-state index contributed by atoms with van der Waals surface area (Å²) in [6.45, 7) is 2.20. The molecule has 0 spiro atoms. The molecule has 0 saturated carbocycles.